The van der Waals surface area contributed by atoms with E-state index in [2.05, 4.69) is 61.1 Å². The second-order valence-corrected chi connectivity index (χ2v) is 6.87. The minimum Gasteiger partial charge on any atom is -0.300 e. The number of nitrogens with zero attached hydrogens (tertiary/aromatic N) is 2. The summed E-state index contributed by atoms with van der Waals surface area (Å²) in [5.74, 6) is 0. The van der Waals surface area contributed by atoms with Crippen LogP contribution in [-0.4, -0.2) is 29.5 Å². The van der Waals surface area contributed by atoms with Gasteiger partial charge in [0.1, 0.15) is 0 Å². The summed E-state index contributed by atoms with van der Waals surface area (Å²) in [4.78, 5) is 7.13. The number of rotatable bonds is 6. The van der Waals surface area contributed by atoms with Gasteiger partial charge in [-0.1, -0.05) is 45.8 Å². The Hall–Kier alpha value is -1.15. The third-order valence-corrected chi connectivity index (χ3v) is 4.54. The zero-order valence-corrected chi connectivity index (χ0v) is 13.9. The lowest BCUT2D eigenvalue weighted by atomic mass is 9.81. The van der Waals surface area contributed by atoms with Gasteiger partial charge in [-0.25, -0.2) is 0 Å². The maximum absolute atomic E-state index is 4.60. The fourth-order valence-electron chi connectivity index (χ4n) is 3.14. The van der Waals surface area contributed by atoms with Crippen LogP contribution in [0, 0.1) is 0 Å². The molecule has 2 rings (SSSR count). The molecule has 1 saturated heterocycles. The quantitative estimate of drug-likeness (QED) is 0.756. The molecule has 1 aliphatic rings. The van der Waals surface area contributed by atoms with E-state index in [1.54, 1.807) is 0 Å². The molecule has 1 fully saturated rings. The lowest BCUT2D eigenvalue weighted by molar-refractivity contribution is 0.252. The van der Waals surface area contributed by atoms with Crippen LogP contribution >= 0.6 is 0 Å². The molecule has 0 spiro atoms. The molecule has 0 bridgehead atoms. The van der Waals surface area contributed by atoms with Crippen LogP contribution in [0.1, 0.15) is 64.1 Å². The van der Waals surface area contributed by atoms with Gasteiger partial charge in [-0.15, -0.1) is 0 Å². The van der Waals surface area contributed by atoms with Crippen molar-refractivity contribution in [3.8, 4) is 0 Å². The number of piperidine rings is 1. The van der Waals surface area contributed by atoms with E-state index in [4.69, 9.17) is 0 Å². The van der Waals surface area contributed by atoms with Crippen molar-refractivity contribution in [1.29, 1.82) is 0 Å². The minimum atomic E-state index is 0.234. The summed E-state index contributed by atoms with van der Waals surface area (Å²) in [5.41, 5.74) is 2.65. The van der Waals surface area contributed by atoms with Crippen molar-refractivity contribution in [3.05, 3.63) is 35.7 Å². The molecule has 1 aromatic heterocycles. The summed E-state index contributed by atoms with van der Waals surface area (Å²) >= 11 is 0. The molecule has 2 heteroatoms. The Morgan fingerprint density at radius 3 is 2.57 bits per heavy atom. The highest BCUT2D eigenvalue weighted by molar-refractivity contribution is 5.45. The molecule has 2 nitrogen and oxygen atoms in total. The van der Waals surface area contributed by atoms with E-state index in [1.807, 2.05) is 0 Å². The molecule has 0 atom stereocenters. The largest absolute Gasteiger partial charge is 0.300 e. The molecule has 0 unspecified atom stereocenters. The highest BCUT2D eigenvalue weighted by Crippen LogP contribution is 2.27. The predicted octanol–water partition coefficient (Wildman–Crippen LogP) is 4.66. The van der Waals surface area contributed by atoms with Gasteiger partial charge in [0.2, 0.25) is 0 Å². The Balaban J connectivity index is 1.89. The summed E-state index contributed by atoms with van der Waals surface area (Å²) in [6, 6.07) is 4.39. The zero-order chi connectivity index (χ0) is 15.1. The van der Waals surface area contributed by atoms with Crippen molar-refractivity contribution in [2.45, 2.75) is 58.3 Å². The maximum atomic E-state index is 4.60. The number of likely N-dealkylation sites (tertiary alicyclic amines) is 1. The zero-order valence-electron chi connectivity index (χ0n) is 13.9. The molecule has 116 valence electrons. The SMILES string of the molecule is CCCC(C)(C)c1ccc(/C=C/CN2CCCCC2)nc1. The van der Waals surface area contributed by atoms with Crippen molar-refractivity contribution in [3.63, 3.8) is 0 Å². The first-order valence-electron chi connectivity index (χ1n) is 8.47. The second kappa shape index (κ2) is 7.74. The number of aromatic nitrogens is 1. The van der Waals surface area contributed by atoms with Gasteiger partial charge in [0.25, 0.3) is 0 Å². The molecule has 0 N–H and O–H groups in total. The number of hydrogen-bond donors (Lipinski definition) is 0. The Kier molecular flexibility index (Phi) is 5.98. The molecule has 0 aromatic carbocycles. The van der Waals surface area contributed by atoms with Crippen molar-refractivity contribution in [1.82, 2.24) is 9.88 Å². The lowest BCUT2D eigenvalue weighted by Gasteiger charge is -2.25. The molecular weight excluding hydrogens is 256 g/mol. The van der Waals surface area contributed by atoms with E-state index in [1.165, 1.54) is 50.8 Å². The van der Waals surface area contributed by atoms with Crippen LogP contribution in [-0.2, 0) is 5.41 Å². The number of hydrogen-bond acceptors (Lipinski definition) is 2. The smallest absolute Gasteiger partial charge is 0.0627 e. The summed E-state index contributed by atoms with van der Waals surface area (Å²) in [6.07, 6.45) is 13.0. The average molecular weight is 286 g/mol. The van der Waals surface area contributed by atoms with Crippen LogP contribution in [0.25, 0.3) is 6.08 Å². The normalized spacial score (nSPS) is 17.5. The third-order valence-electron chi connectivity index (χ3n) is 4.54. The van der Waals surface area contributed by atoms with Gasteiger partial charge in [-0.3, -0.25) is 9.88 Å². The molecule has 1 aliphatic heterocycles. The fourth-order valence-corrected chi connectivity index (χ4v) is 3.14. The fraction of sp³-hybridized carbons (Fsp3) is 0.632. The molecule has 21 heavy (non-hydrogen) atoms. The van der Waals surface area contributed by atoms with E-state index < -0.39 is 0 Å². The second-order valence-electron chi connectivity index (χ2n) is 6.87. The topological polar surface area (TPSA) is 16.1 Å². The Labute approximate surface area is 130 Å². The summed E-state index contributed by atoms with van der Waals surface area (Å²) in [7, 11) is 0. The van der Waals surface area contributed by atoms with Crippen molar-refractivity contribution in [2.24, 2.45) is 0 Å². The van der Waals surface area contributed by atoms with Crippen LogP contribution in [0.2, 0.25) is 0 Å². The van der Waals surface area contributed by atoms with Gasteiger partial charge in [0.15, 0.2) is 0 Å². The van der Waals surface area contributed by atoms with Gasteiger partial charge >= 0.3 is 0 Å². The standard InChI is InChI=1S/C19H30N2/c1-4-12-19(2,3)17-10-11-18(20-16-17)9-8-15-21-13-6-5-7-14-21/h8-11,16H,4-7,12-15H2,1-3H3/b9-8+. The van der Waals surface area contributed by atoms with Gasteiger partial charge in [-0.05, 0) is 55.5 Å². The molecule has 0 saturated carbocycles. The monoisotopic (exact) mass is 286 g/mol. The predicted molar refractivity (Wildman–Crippen MR) is 91.5 cm³/mol. The van der Waals surface area contributed by atoms with Gasteiger partial charge in [-0.2, -0.15) is 0 Å². The Morgan fingerprint density at radius 2 is 1.95 bits per heavy atom. The van der Waals surface area contributed by atoms with Crippen LogP contribution in [0.3, 0.4) is 0 Å². The summed E-state index contributed by atoms with van der Waals surface area (Å²) < 4.78 is 0. The summed E-state index contributed by atoms with van der Waals surface area (Å²) in [6.45, 7) is 10.4. The van der Waals surface area contributed by atoms with Gasteiger partial charge in [0.05, 0.1) is 5.69 Å². The maximum Gasteiger partial charge on any atom is 0.0627 e. The molecule has 1 aromatic rings. The number of pyridine rings is 1. The first-order valence-corrected chi connectivity index (χ1v) is 8.47. The third kappa shape index (κ3) is 4.96. The van der Waals surface area contributed by atoms with Crippen molar-refractivity contribution >= 4 is 6.08 Å². The minimum absolute atomic E-state index is 0.234. The van der Waals surface area contributed by atoms with Crippen LogP contribution in [0.4, 0.5) is 0 Å². The van der Waals surface area contributed by atoms with E-state index in [9.17, 15) is 0 Å². The average Bonchev–Trinajstić information content (AvgIpc) is 2.49. The Morgan fingerprint density at radius 1 is 1.19 bits per heavy atom. The Bertz CT molecular complexity index is 439. The van der Waals surface area contributed by atoms with Crippen LogP contribution in [0.5, 0.6) is 0 Å². The highest BCUT2D eigenvalue weighted by Gasteiger charge is 2.19. The van der Waals surface area contributed by atoms with E-state index in [0.29, 0.717) is 0 Å². The first kappa shape index (κ1) is 16.2. The van der Waals surface area contributed by atoms with E-state index in [-0.39, 0.29) is 5.41 Å². The van der Waals surface area contributed by atoms with Crippen molar-refractivity contribution in [2.75, 3.05) is 19.6 Å². The molecule has 0 radical (unpaired) electrons. The highest BCUT2D eigenvalue weighted by atomic mass is 15.1. The summed E-state index contributed by atoms with van der Waals surface area (Å²) in [5, 5.41) is 0. The first-order chi connectivity index (χ1) is 10.1. The van der Waals surface area contributed by atoms with E-state index >= 15 is 0 Å². The molecule has 2 heterocycles. The van der Waals surface area contributed by atoms with E-state index in [0.717, 1.165) is 12.2 Å². The van der Waals surface area contributed by atoms with Gasteiger partial charge < -0.3 is 0 Å². The molecule has 0 aliphatic carbocycles. The van der Waals surface area contributed by atoms with Crippen LogP contribution < -0.4 is 0 Å². The van der Waals surface area contributed by atoms with Crippen molar-refractivity contribution < 1.29 is 0 Å². The van der Waals surface area contributed by atoms with Gasteiger partial charge in [0, 0.05) is 12.7 Å². The van der Waals surface area contributed by atoms with Crippen LogP contribution in [0.15, 0.2) is 24.4 Å². The lowest BCUT2D eigenvalue weighted by Crippen LogP contribution is -2.29. The molecular formula is C19H30N2. The molecule has 0 amide bonds.